The van der Waals surface area contributed by atoms with Crippen molar-refractivity contribution in [1.29, 1.82) is 0 Å². The number of carboxylic acids is 2. The van der Waals surface area contributed by atoms with Crippen LogP contribution in [-0.2, 0) is 9.59 Å². The van der Waals surface area contributed by atoms with Gasteiger partial charge in [0.05, 0.1) is 11.8 Å². The summed E-state index contributed by atoms with van der Waals surface area (Å²) in [4.78, 5) is 21.2. The molecule has 0 aliphatic heterocycles. The van der Waals surface area contributed by atoms with E-state index in [1.54, 1.807) is 0 Å². The maximum absolute atomic E-state index is 10.7. The zero-order chi connectivity index (χ0) is 10.0. The third kappa shape index (κ3) is 2.43. The summed E-state index contributed by atoms with van der Waals surface area (Å²) in [5, 5.41) is 17.5. The van der Waals surface area contributed by atoms with E-state index in [1.807, 2.05) is 0 Å². The van der Waals surface area contributed by atoms with E-state index in [-0.39, 0.29) is 11.2 Å². The molecule has 0 aromatic carbocycles. The zero-order valence-electron chi connectivity index (χ0n) is 6.94. The van der Waals surface area contributed by atoms with Crippen molar-refractivity contribution < 1.29 is 19.8 Å². The van der Waals surface area contributed by atoms with Crippen molar-refractivity contribution in [3.8, 4) is 0 Å². The maximum atomic E-state index is 10.7. The summed E-state index contributed by atoms with van der Waals surface area (Å²) in [6.07, 6.45) is 1.42. The summed E-state index contributed by atoms with van der Waals surface area (Å²) in [6, 6.07) is 0. The molecular formula is C8H11BrO4. The Morgan fingerprint density at radius 2 is 1.77 bits per heavy atom. The Labute approximate surface area is 84.1 Å². The average molecular weight is 251 g/mol. The molecule has 1 rings (SSSR count). The second kappa shape index (κ2) is 4.09. The minimum Gasteiger partial charge on any atom is -0.481 e. The molecule has 0 aromatic rings. The van der Waals surface area contributed by atoms with E-state index >= 15 is 0 Å². The van der Waals surface area contributed by atoms with Gasteiger partial charge in [-0.1, -0.05) is 15.9 Å². The van der Waals surface area contributed by atoms with Gasteiger partial charge < -0.3 is 10.2 Å². The van der Waals surface area contributed by atoms with E-state index in [2.05, 4.69) is 15.9 Å². The van der Waals surface area contributed by atoms with Crippen molar-refractivity contribution in [3.63, 3.8) is 0 Å². The van der Waals surface area contributed by atoms with Crippen LogP contribution in [0.3, 0.4) is 0 Å². The largest absolute Gasteiger partial charge is 0.481 e. The third-order valence-corrected chi connectivity index (χ3v) is 3.53. The predicted octanol–water partition coefficient (Wildman–Crippen LogP) is 1.34. The first kappa shape index (κ1) is 10.5. The van der Waals surface area contributed by atoms with Gasteiger partial charge in [-0.2, -0.15) is 0 Å². The van der Waals surface area contributed by atoms with Crippen LogP contribution in [0.5, 0.6) is 0 Å². The van der Waals surface area contributed by atoms with Crippen molar-refractivity contribution in [1.82, 2.24) is 0 Å². The van der Waals surface area contributed by atoms with Gasteiger partial charge >= 0.3 is 11.9 Å². The van der Waals surface area contributed by atoms with E-state index in [0.717, 1.165) is 0 Å². The Hall–Kier alpha value is -0.580. The molecule has 0 spiro atoms. The van der Waals surface area contributed by atoms with Crippen LogP contribution in [-0.4, -0.2) is 27.0 Å². The molecule has 1 aliphatic carbocycles. The van der Waals surface area contributed by atoms with Gasteiger partial charge in [0.15, 0.2) is 0 Å². The summed E-state index contributed by atoms with van der Waals surface area (Å²) >= 11 is 3.26. The number of hydrogen-bond acceptors (Lipinski definition) is 2. The van der Waals surface area contributed by atoms with Gasteiger partial charge in [-0.15, -0.1) is 0 Å². The minimum atomic E-state index is -0.909. The molecule has 13 heavy (non-hydrogen) atoms. The summed E-state index contributed by atoms with van der Waals surface area (Å²) in [5.74, 6) is -2.84. The number of aliphatic carboxylic acids is 2. The minimum absolute atomic E-state index is 0.0828. The first-order chi connectivity index (χ1) is 6.02. The number of hydrogen-bond donors (Lipinski definition) is 2. The van der Waals surface area contributed by atoms with Gasteiger partial charge in [-0.25, -0.2) is 0 Å². The highest BCUT2D eigenvalue weighted by Crippen LogP contribution is 2.34. The monoisotopic (exact) mass is 250 g/mol. The molecule has 3 unspecified atom stereocenters. The van der Waals surface area contributed by atoms with Gasteiger partial charge in [0, 0.05) is 4.83 Å². The van der Waals surface area contributed by atoms with E-state index in [4.69, 9.17) is 10.2 Å². The van der Waals surface area contributed by atoms with Crippen LogP contribution < -0.4 is 0 Å². The molecule has 1 saturated carbocycles. The predicted molar refractivity (Wildman–Crippen MR) is 48.8 cm³/mol. The lowest BCUT2D eigenvalue weighted by molar-refractivity contribution is -0.147. The van der Waals surface area contributed by atoms with Crippen LogP contribution in [0, 0.1) is 11.8 Å². The lowest BCUT2D eigenvalue weighted by atomic mass is 9.81. The molecular weight excluding hydrogens is 240 g/mol. The second-order valence-electron chi connectivity index (χ2n) is 3.31. The van der Waals surface area contributed by atoms with Crippen LogP contribution in [0.2, 0.25) is 0 Å². The summed E-state index contributed by atoms with van der Waals surface area (Å²) in [6.45, 7) is 0. The molecule has 5 heteroatoms. The molecule has 0 amide bonds. The standard InChI is InChI=1S/C8H11BrO4/c9-6-2-1-4(7(10)11)3-5(6)8(12)13/h4-6H,1-3H2,(H,10,11)(H,12,13). The topological polar surface area (TPSA) is 74.6 Å². The lowest BCUT2D eigenvalue weighted by Gasteiger charge is -2.28. The molecule has 1 fully saturated rings. The number of alkyl halides is 1. The van der Waals surface area contributed by atoms with Crippen molar-refractivity contribution in [2.75, 3.05) is 0 Å². The highest BCUT2D eigenvalue weighted by atomic mass is 79.9. The first-order valence-corrected chi connectivity index (χ1v) is 5.03. The third-order valence-electron chi connectivity index (χ3n) is 2.43. The molecule has 0 aromatic heterocycles. The molecule has 1 aliphatic rings. The Morgan fingerprint density at radius 3 is 2.23 bits per heavy atom. The number of rotatable bonds is 2. The number of carboxylic acid groups (broad SMARTS) is 2. The Kier molecular flexibility index (Phi) is 3.30. The Bertz CT molecular complexity index is 228. The fraction of sp³-hybridized carbons (Fsp3) is 0.750. The van der Waals surface area contributed by atoms with Crippen molar-refractivity contribution in [2.45, 2.75) is 24.1 Å². The van der Waals surface area contributed by atoms with Crippen LogP contribution in [0.1, 0.15) is 19.3 Å². The molecule has 74 valence electrons. The molecule has 2 N–H and O–H groups in total. The molecule has 4 nitrogen and oxygen atoms in total. The molecule has 0 radical (unpaired) electrons. The van der Waals surface area contributed by atoms with Gasteiger partial charge in [-0.05, 0) is 19.3 Å². The average Bonchev–Trinajstić information content (AvgIpc) is 2.04. The Morgan fingerprint density at radius 1 is 1.15 bits per heavy atom. The van der Waals surface area contributed by atoms with Crippen LogP contribution in [0.15, 0.2) is 0 Å². The normalized spacial score (nSPS) is 34.1. The van der Waals surface area contributed by atoms with E-state index in [1.165, 1.54) is 0 Å². The number of carbonyl (C=O) groups is 2. The summed E-state index contributed by atoms with van der Waals surface area (Å²) in [7, 11) is 0. The van der Waals surface area contributed by atoms with Gasteiger partial charge in [0.2, 0.25) is 0 Å². The van der Waals surface area contributed by atoms with Crippen LogP contribution >= 0.6 is 15.9 Å². The molecule has 0 bridgehead atoms. The highest BCUT2D eigenvalue weighted by Gasteiger charge is 2.36. The van der Waals surface area contributed by atoms with Crippen molar-refractivity contribution in [2.24, 2.45) is 11.8 Å². The fourth-order valence-corrected chi connectivity index (χ4v) is 2.32. The quantitative estimate of drug-likeness (QED) is 0.726. The molecule has 0 heterocycles. The SMILES string of the molecule is O=C(O)C1CCC(Br)C(C(=O)O)C1. The summed E-state index contributed by atoms with van der Waals surface area (Å²) in [5.41, 5.74) is 0. The smallest absolute Gasteiger partial charge is 0.307 e. The maximum Gasteiger partial charge on any atom is 0.307 e. The van der Waals surface area contributed by atoms with Crippen molar-refractivity contribution in [3.05, 3.63) is 0 Å². The van der Waals surface area contributed by atoms with E-state index in [9.17, 15) is 9.59 Å². The van der Waals surface area contributed by atoms with Crippen LogP contribution in [0.25, 0.3) is 0 Å². The summed E-state index contributed by atoms with van der Waals surface area (Å²) < 4.78 is 0. The molecule has 3 atom stereocenters. The number of halogens is 1. The second-order valence-corrected chi connectivity index (χ2v) is 4.49. The van der Waals surface area contributed by atoms with Gasteiger partial charge in [-0.3, -0.25) is 9.59 Å². The first-order valence-electron chi connectivity index (χ1n) is 4.12. The Balaban J connectivity index is 2.63. The fourth-order valence-electron chi connectivity index (χ4n) is 1.61. The molecule has 0 saturated heterocycles. The zero-order valence-corrected chi connectivity index (χ0v) is 8.53. The van der Waals surface area contributed by atoms with Crippen molar-refractivity contribution >= 4 is 27.9 Å². The van der Waals surface area contributed by atoms with Gasteiger partial charge in [0.25, 0.3) is 0 Å². The van der Waals surface area contributed by atoms with Crippen LogP contribution in [0.4, 0.5) is 0 Å². The van der Waals surface area contributed by atoms with Gasteiger partial charge in [0.1, 0.15) is 0 Å². The van der Waals surface area contributed by atoms with E-state index < -0.39 is 23.8 Å². The van der Waals surface area contributed by atoms with E-state index in [0.29, 0.717) is 12.8 Å². The lowest BCUT2D eigenvalue weighted by Crippen LogP contribution is -2.34. The highest BCUT2D eigenvalue weighted by molar-refractivity contribution is 9.09.